The number of aryl methyl sites for hydroxylation is 1. The fourth-order valence-corrected chi connectivity index (χ4v) is 1.43. The Morgan fingerprint density at radius 2 is 1.75 bits per heavy atom. The average molecular weight is 219 g/mol. The fraction of sp³-hybridized carbons (Fsp3) is 0.385. The maximum absolute atomic E-state index is 11.3. The van der Waals surface area contributed by atoms with Crippen molar-refractivity contribution in [3.8, 4) is 0 Å². The Labute approximate surface area is 95.9 Å². The topological polar surface area (TPSA) is 46.2 Å². The van der Waals surface area contributed by atoms with Crippen LogP contribution in [0.1, 0.15) is 25.8 Å². The number of anilines is 1. The summed E-state index contributed by atoms with van der Waals surface area (Å²) >= 11 is 0. The van der Waals surface area contributed by atoms with Gasteiger partial charge in [-0.2, -0.15) is 0 Å². The van der Waals surface area contributed by atoms with E-state index in [-0.39, 0.29) is 18.0 Å². The van der Waals surface area contributed by atoms with Crippen molar-refractivity contribution in [1.82, 2.24) is 0 Å². The highest BCUT2D eigenvalue weighted by molar-refractivity contribution is 5.90. The monoisotopic (exact) mass is 219 g/mol. The molecule has 1 rings (SSSR count). The zero-order valence-electron chi connectivity index (χ0n) is 9.91. The second-order valence-electron chi connectivity index (χ2n) is 4.08. The van der Waals surface area contributed by atoms with Gasteiger partial charge in [-0.05, 0) is 32.9 Å². The molecule has 1 aromatic carbocycles. The van der Waals surface area contributed by atoms with Gasteiger partial charge in [-0.3, -0.25) is 9.59 Å². The van der Waals surface area contributed by atoms with Gasteiger partial charge in [-0.15, -0.1) is 0 Å². The van der Waals surface area contributed by atoms with Crippen LogP contribution in [0.2, 0.25) is 0 Å². The summed E-state index contributed by atoms with van der Waals surface area (Å²) in [7, 11) is 0. The predicted molar refractivity (Wildman–Crippen MR) is 64.6 cm³/mol. The molecule has 0 bridgehead atoms. The van der Waals surface area contributed by atoms with Crippen molar-refractivity contribution in [3.63, 3.8) is 0 Å². The molecule has 16 heavy (non-hydrogen) atoms. The largest absolute Gasteiger partial charge is 0.375 e. The van der Waals surface area contributed by atoms with E-state index >= 15 is 0 Å². The highest BCUT2D eigenvalue weighted by Gasteiger charge is 2.15. The molecule has 0 aromatic heterocycles. The van der Waals surface area contributed by atoms with E-state index < -0.39 is 6.04 Å². The molecule has 0 aliphatic heterocycles. The molecule has 0 fully saturated rings. The molecule has 0 amide bonds. The molecule has 0 saturated heterocycles. The van der Waals surface area contributed by atoms with Crippen LogP contribution in [-0.2, 0) is 9.59 Å². The van der Waals surface area contributed by atoms with Crippen LogP contribution in [0.3, 0.4) is 0 Å². The van der Waals surface area contributed by atoms with Gasteiger partial charge in [0.1, 0.15) is 5.78 Å². The number of carbonyl (C=O) groups is 2. The SMILES string of the molecule is CC(=O)CC(Nc1ccc(C)cc1)C(C)=O. The van der Waals surface area contributed by atoms with Crippen LogP contribution in [0.4, 0.5) is 5.69 Å². The lowest BCUT2D eigenvalue weighted by Crippen LogP contribution is -2.29. The van der Waals surface area contributed by atoms with Crippen molar-refractivity contribution in [3.05, 3.63) is 29.8 Å². The van der Waals surface area contributed by atoms with Crippen LogP contribution in [0.25, 0.3) is 0 Å². The van der Waals surface area contributed by atoms with Gasteiger partial charge < -0.3 is 5.32 Å². The molecule has 86 valence electrons. The summed E-state index contributed by atoms with van der Waals surface area (Å²) in [6.45, 7) is 4.99. The van der Waals surface area contributed by atoms with Gasteiger partial charge in [0.05, 0.1) is 6.04 Å². The molecule has 3 heteroatoms. The molecular formula is C13H17NO2. The lowest BCUT2D eigenvalue weighted by atomic mass is 10.1. The van der Waals surface area contributed by atoms with Crippen molar-refractivity contribution < 1.29 is 9.59 Å². The maximum atomic E-state index is 11.3. The third-order valence-corrected chi connectivity index (χ3v) is 2.37. The quantitative estimate of drug-likeness (QED) is 0.826. The van der Waals surface area contributed by atoms with E-state index in [1.807, 2.05) is 31.2 Å². The summed E-state index contributed by atoms with van der Waals surface area (Å²) in [5, 5.41) is 3.07. The van der Waals surface area contributed by atoms with Crippen LogP contribution >= 0.6 is 0 Å². The lowest BCUT2D eigenvalue weighted by Gasteiger charge is -2.15. The second-order valence-corrected chi connectivity index (χ2v) is 4.08. The van der Waals surface area contributed by atoms with Gasteiger partial charge in [-0.25, -0.2) is 0 Å². The summed E-state index contributed by atoms with van der Waals surface area (Å²) in [6.07, 6.45) is 0.239. The third-order valence-electron chi connectivity index (χ3n) is 2.37. The van der Waals surface area contributed by atoms with E-state index in [9.17, 15) is 9.59 Å². The number of rotatable bonds is 5. The number of hydrogen-bond acceptors (Lipinski definition) is 3. The Balaban J connectivity index is 2.71. The van der Waals surface area contributed by atoms with Crippen molar-refractivity contribution in [2.45, 2.75) is 33.2 Å². The van der Waals surface area contributed by atoms with E-state index in [4.69, 9.17) is 0 Å². The van der Waals surface area contributed by atoms with E-state index in [2.05, 4.69) is 5.32 Å². The highest BCUT2D eigenvalue weighted by atomic mass is 16.1. The Morgan fingerprint density at radius 1 is 1.19 bits per heavy atom. The summed E-state index contributed by atoms with van der Waals surface area (Å²) in [6, 6.07) is 7.33. The van der Waals surface area contributed by atoms with Gasteiger partial charge in [0.25, 0.3) is 0 Å². The maximum Gasteiger partial charge on any atom is 0.152 e. The second kappa shape index (κ2) is 5.45. The molecule has 0 heterocycles. The first kappa shape index (κ1) is 12.4. The predicted octanol–water partition coefficient (Wildman–Crippen LogP) is 2.34. The van der Waals surface area contributed by atoms with Gasteiger partial charge in [-0.1, -0.05) is 17.7 Å². The van der Waals surface area contributed by atoms with E-state index in [1.165, 1.54) is 13.8 Å². The summed E-state index contributed by atoms with van der Waals surface area (Å²) < 4.78 is 0. The zero-order chi connectivity index (χ0) is 12.1. The summed E-state index contributed by atoms with van der Waals surface area (Å²) in [4.78, 5) is 22.3. The minimum Gasteiger partial charge on any atom is -0.375 e. The molecular weight excluding hydrogens is 202 g/mol. The Morgan fingerprint density at radius 3 is 2.19 bits per heavy atom. The number of benzene rings is 1. The molecule has 0 saturated carbocycles. The van der Waals surface area contributed by atoms with Crippen molar-refractivity contribution in [2.24, 2.45) is 0 Å². The number of nitrogens with one attached hydrogen (secondary N) is 1. The number of Topliss-reactive ketones (excluding diaryl/α,β-unsaturated/α-hetero) is 2. The normalized spacial score (nSPS) is 11.9. The first-order chi connectivity index (χ1) is 7.49. The molecule has 0 spiro atoms. The van der Waals surface area contributed by atoms with Crippen LogP contribution in [-0.4, -0.2) is 17.6 Å². The molecule has 0 radical (unpaired) electrons. The minimum absolute atomic E-state index is 0.0137. The Bertz CT molecular complexity index is 381. The van der Waals surface area contributed by atoms with Gasteiger partial charge in [0, 0.05) is 12.1 Å². The van der Waals surface area contributed by atoms with Gasteiger partial charge in [0.2, 0.25) is 0 Å². The smallest absolute Gasteiger partial charge is 0.152 e. The third kappa shape index (κ3) is 3.85. The highest BCUT2D eigenvalue weighted by Crippen LogP contribution is 2.12. The number of carbonyl (C=O) groups excluding carboxylic acids is 2. The number of ketones is 2. The Kier molecular flexibility index (Phi) is 4.23. The van der Waals surface area contributed by atoms with Gasteiger partial charge >= 0.3 is 0 Å². The van der Waals surface area contributed by atoms with Crippen LogP contribution in [0.15, 0.2) is 24.3 Å². The fourth-order valence-electron chi connectivity index (χ4n) is 1.43. The van der Waals surface area contributed by atoms with Crippen LogP contribution in [0.5, 0.6) is 0 Å². The van der Waals surface area contributed by atoms with Crippen molar-refractivity contribution in [1.29, 1.82) is 0 Å². The first-order valence-electron chi connectivity index (χ1n) is 5.32. The molecule has 3 nitrogen and oxygen atoms in total. The van der Waals surface area contributed by atoms with Gasteiger partial charge in [0.15, 0.2) is 5.78 Å². The molecule has 1 atom stereocenters. The molecule has 1 unspecified atom stereocenters. The lowest BCUT2D eigenvalue weighted by molar-refractivity contribution is -0.122. The summed E-state index contributed by atoms with van der Waals surface area (Å²) in [5.74, 6) is -0.00409. The van der Waals surface area contributed by atoms with E-state index in [1.54, 1.807) is 0 Å². The van der Waals surface area contributed by atoms with Crippen molar-refractivity contribution in [2.75, 3.05) is 5.32 Å². The van der Waals surface area contributed by atoms with E-state index in [0.717, 1.165) is 11.3 Å². The number of hydrogen-bond donors (Lipinski definition) is 1. The van der Waals surface area contributed by atoms with E-state index in [0.29, 0.717) is 0 Å². The standard InChI is InChI=1S/C13H17NO2/c1-9-4-6-12(7-5-9)14-13(11(3)16)8-10(2)15/h4-7,13-14H,8H2,1-3H3. The Hall–Kier alpha value is -1.64. The molecule has 0 aliphatic rings. The van der Waals surface area contributed by atoms with Crippen LogP contribution in [0, 0.1) is 6.92 Å². The first-order valence-corrected chi connectivity index (χ1v) is 5.32. The zero-order valence-corrected chi connectivity index (χ0v) is 9.91. The molecule has 1 aromatic rings. The summed E-state index contributed by atoms with van der Waals surface area (Å²) in [5.41, 5.74) is 2.03. The van der Waals surface area contributed by atoms with Crippen molar-refractivity contribution >= 4 is 17.3 Å². The minimum atomic E-state index is -0.416. The van der Waals surface area contributed by atoms with Crippen LogP contribution < -0.4 is 5.32 Å². The molecule has 1 N–H and O–H groups in total. The average Bonchev–Trinajstić information content (AvgIpc) is 2.19. The molecule has 0 aliphatic carbocycles.